The van der Waals surface area contributed by atoms with Crippen LogP contribution in [0.2, 0.25) is 0 Å². The van der Waals surface area contributed by atoms with Crippen LogP contribution in [0.1, 0.15) is 6.42 Å². The number of hydrogen-bond donors (Lipinski definition) is 0. The van der Waals surface area contributed by atoms with Gasteiger partial charge in [-0.1, -0.05) is 0 Å². The third-order valence-electron chi connectivity index (χ3n) is 5.15. The molecule has 0 aliphatic carbocycles. The van der Waals surface area contributed by atoms with E-state index in [-0.39, 0.29) is 24.1 Å². The van der Waals surface area contributed by atoms with Gasteiger partial charge in [-0.15, -0.1) is 0 Å². The highest BCUT2D eigenvalue weighted by Gasteiger charge is 2.43. The molecule has 0 aromatic heterocycles. The Labute approximate surface area is 170 Å². The van der Waals surface area contributed by atoms with E-state index in [1.165, 1.54) is 17.0 Å². The first-order valence-corrected chi connectivity index (χ1v) is 9.98. The van der Waals surface area contributed by atoms with Crippen molar-refractivity contribution in [1.29, 1.82) is 0 Å². The van der Waals surface area contributed by atoms with Gasteiger partial charge in [-0.2, -0.15) is 0 Å². The van der Waals surface area contributed by atoms with Crippen molar-refractivity contribution in [3.8, 4) is 0 Å². The van der Waals surface area contributed by atoms with Crippen LogP contribution in [0.4, 0.5) is 15.8 Å². The predicted octanol–water partition coefficient (Wildman–Crippen LogP) is 2.88. The molecule has 0 spiro atoms. The molecule has 2 heterocycles. The van der Waals surface area contributed by atoms with Gasteiger partial charge in [0.15, 0.2) is 0 Å². The number of imide groups is 1. The van der Waals surface area contributed by atoms with Crippen LogP contribution in [0.25, 0.3) is 0 Å². The lowest BCUT2D eigenvalue weighted by Gasteiger charge is -2.38. The van der Waals surface area contributed by atoms with E-state index in [4.69, 9.17) is 0 Å². The van der Waals surface area contributed by atoms with Gasteiger partial charge in [-0.25, -0.2) is 9.29 Å². The first-order chi connectivity index (χ1) is 13.0. The molecule has 7 heteroatoms. The van der Waals surface area contributed by atoms with E-state index in [9.17, 15) is 14.0 Å². The molecule has 0 bridgehead atoms. The van der Waals surface area contributed by atoms with Gasteiger partial charge in [0.2, 0.25) is 5.91 Å². The Bertz CT molecular complexity index is 849. The number of amides is 2. The molecule has 1 unspecified atom stereocenters. The van der Waals surface area contributed by atoms with Crippen LogP contribution in [0, 0.1) is 9.39 Å². The lowest BCUT2D eigenvalue weighted by Crippen LogP contribution is -2.52. The molecular formula is C20H19FIN3O2. The lowest BCUT2D eigenvalue weighted by molar-refractivity contribution is -0.123. The van der Waals surface area contributed by atoms with Crippen LogP contribution < -0.4 is 9.80 Å². The van der Waals surface area contributed by atoms with Crippen LogP contribution in [0.5, 0.6) is 0 Å². The first-order valence-electron chi connectivity index (χ1n) is 8.90. The van der Waals surface area contributed by atoms with Gasteiger partial charge in [0.05, 0.1) is 18.2 Å². The van der Waals surface area contributed by atoms with E-state index in [2.05, 4.69) is 32.4 Å². The quantitative estimate of drug-likeness (QED) is 0.502. The smallest absolute Gasteiger partial charge is 0.251 e. The fourth-order valence-corrected chi connectivity index (χ4v) is 4.07. The number of halogens is 2. The second kappa shape index (κ2) is 7.55. The minimum Gasteiger partial charge on any atom is -0.369 e. The fraction of sp³-hybridized carbons (Fsp3) is 0.300. The largest absolute Gasteiger partial charge is 0.369 e. The predicted molar refractivity (Wildman–Crippen MR) is 110 cm³/mol. The second-order valence-electron chi connectivity index (χ2n) is 6.76. The molecule has 2 aromatic rings. The SMILES string of the molecule is O=C1CC(N2CCN(c3ccc(F)cc3)CC2)C(=O)N1c1ccc(I)cc1. The molecule has 2 saturated heterocycles. The topological polar surface area (TPSA) is 43.9 Å². The normalized spacial score (nSPS) is 21.2. The van der Waals surface area contributed by atoms with Crippen LogP contribution in [0.15, 0.2) is 48.5 Å². The zero-order valence-corrected chi connectivity index (χ0v) is 16.8. The summed E-state index contributed by atoms with van der Waals surface area (Å²) < 4.78 is 14.2. The Morgan fingerprint density at radius 2 is 1.44 bits per heavy atom. The summed E-state index contributed by atoms with van der Waals surface area (Å²) in [5.74, 6) is -0.535. The molecule has 2 fully saturated rings. The summed E-state index contributed by atoms with van der Waals surface area (Å²) in [6, 6.07) is 13.5. The van der Waals surface area contributed by atoms with Gasteiger partial charge in [-0.3, -0.25) is 14.5 Å². The number of piperazine rings is 1. The molecule has 0 N–H and O–H groups in total. The standard InChI is InChI=1S/C20H19FIN3O2/c21-14-1-5-16(6-2-14)23-9-11-24(12-10-23)18-13-19(26)25(20(18)27)17-7-3-15(22)4-8-17/h1-8,18H,9-13H2. The average molecular weight is 479 g/mol. The zero-order chi connectivity index (χ0) is 19.0. The Kier molecular flexibility index (Phi) is 5.14. The van der Waals surface area contributed by atoms with E-state index in [0.717, 1.165) is 22.3 Å². The molecule has 1 atom stereocenters. The summed E-state index contributed by atoms with van der Waals surface area (Å²) in [6.07, 6.45) is 0.224. The van der Waals surface area contributed by atoms with Crippen molar-refractivity contribution in [2.75, 3.05) is 36.0 Å². The summed E-state index contributed by atoms with van der Waals surface area (Å²) in [4.78, 5) is 30.9. The van der Waals surface area contributed by atoms with E-state index in [1.54, 1.807) is 12.1 Å². The van der Waals surface area contributed by atoms with Crippen molar-refractivity contribution < 1.29 is 14.0 Å². The summed E-state index contributed by atoms with van der Waals surface area (Å²) in [7, 11) is 0. The summed E-state index contributed by atoms with van der Waals surface area (Å²) in [5, 5.41) is 0. The van der Waals surface area contributed by atoms with Crippen LogP contribution in [-0.2, 0) is 9.59 Å². The summed E-state index contributed by atoms with van der Waals surface area (Å²) in [6.45, 7) is 2.88. The van der Waals surface area contributed by atoms with E-state index >= 15 is 0 Å². The number of hydrogen-bond acceptors (Lipinski definition) is 4. The number of carbonyl (C=O) groups excluding carboxylic acids is 2. The van der Waals surface area contributed by atoms with Gasteiger partial charge in [0.1, 0.15) is 5.82 Å². The van der Waals surface area contributed by atoms with Crippen LogP contribution in [0.3, 0.4) is 0 Å². The molecule has 0 radical (unpaired) electrons. The lowest BCUT2D eigenvalue weighted by atomic mass is 10.1. The monoisotopic (exact) mass is 479 g/mol. The Balaban J connectivity index is 1.43. The first kappa shape index (κ1) is 18.4. The Morgan fingerprint density at radius 1 is 0.852 bits per heavy atom. The fourth-order valence-electron chi connectivity index (χ4n) is 3.71. The van der Waals surface area contributed by atoms with Crippen molar-refractivity contribution in [2.24, 2.45) is 0 Å². The van der Waals surface area contributed by atoms with Gasteiger partial charge >= 0.3 is 0 Å². The van der Waals surface area contributed by atoms with Crippen LogP contribution >= 0.6 is 22.6 Å². The van der Waals surface area contributed by atoms with Crippen LogP contribution in [-0.4, -0.2) is 48.9 Å². The number of benzene rings is 2. The number of carbonyl (C=O) groups is 2. The minimum atomic E-state index is -0.396. The molecule has 4 rings (SSSR count). The van der Waals surface area contributed by atoms with Crippen molar-refractivity contribution in [2.45, 2.75) is 12.5 Å². The third-order valence-corrected chi connectivity index (χ3v) is 5.87. The maximum atomic E-state index is 13.1. The second-order valence-corrected chi connectivity index (χ2v) is 8.01. The molecule has 2 aliphatic heterocycles. The minimum absolute atomic E-state index is 0.142. The molecule has 27 heavy (non-hydrogen) atoms. The maximum Gasteiger partial charge on any atom is 0.251 e. The highest BCUT2D eigenvalue weighted by molar-refractivity contribution is 14.1. The maximum absolute atomic E-state index is 13.1. The van der Waals surface area contributed by atoms with Gasteiger partial charge in [0.25, 0.3) is 5.91 Å². The van der Waals surface area contributed by atoms with Gasteiger partial charge < -0.3 is 4.90 Å². The average Bonchev–Trinajstić information content (AvgIpc) is 2.98. The van der Waals surface area contributed by atoms with Crippen molar-refractivity contribution in [1.82, 2.24) is 4.90 Å². The molecular weight excluding hydrogens is 460 g/mol. The molecule has 2 amide bonds. The number of anilines is 2. The van der Waals surface area contributed by atoms with Crippen molar-refractivity contribution >= 4 is 45.8 Å². The highest BCUT2D eigenvalue weighted by Crippen LogP contribution is 2.27. The third kappa shape index (κ3) is 3.70. The van der Waals surface area contributed by atoms with Gasteiger partial charge in [0, 0.05) is 35.4 Å². The highest BCUT2D eigenvalue weighted by atomic mass is 127. The van der Waals surface area contributed by atoms with E-state index < -0.39 is 6.04 Å². The summed E-state index contributed by atoms with van der Waals surface area (Å²) >= 11 is 2.20. The Hall–Kier alpha value is -2.00. The van der Waals surface area contributed by atoms with E-state index in [1.807, 2.05) is 24.3 Å². The molecule has 140 valence electrons. The van der Waals surface area contributed by atoms with Gasteiger partial charge in [-0.05, 0) is 71.1 Å². The molecule has 2 aromatic carbocycles. The number of nitrogens with zero attached hydrogens (tertiary/aromatic N) is 3. The van der Waals surface area contributed by atoms with Crippen molar-refractivity contribution in [3.63, 3.8) is 0 Å². The number of rotatable bonds is 3. The molecule has 5 nitrogen and oxygen atoms in total. The molecule has 0 saturated carbocycles. The molecule has 2 aliphatic rings. The van der Waals surface area contributed by atoms with Crippen molar-refractivity contribution in [3.05, 3.63) is 57.9 Å². The van der Waals surface area contributed by atoms with E-state index in [0.29, 0.717) is 18.8 Å². The Morgan fingerprint density at radius 3 is 2.07 bits per heavy atom. The zero-order valence-electron chi connectivity index (χ0n) is 14.6. The summed E-state index contributed by atoms with van der Waals surface area (Å²) in [5.41, 5.74) is 1.61.